The predicted octanol–water partition coefficient (Wildman–Crippen LogP) is 2.35. The number of aromatic amines is 1. The van der Waals surface area contributed by atoms with E-state index in [4.69, 9.17) is 5.11 Å². The fourth-order valence-electron chi connectivity index (χ4n) is 2.72. The summed E-state index contributed by atoms with van der Waals surface area (Å²) in [4.78, 5) is 13.9. The smallest absolute Gasteiger partial charge is 0.307 e. The molecule has 4 nitrogen and oxygen atoms in total. The van der Waals surface area contributed by atoms with E-state index in [9.17, 15) is 9.18 Å². The van der Waals surface area contributed by atoms with Crippen molar-refractivity contribution in [3.63, 3.8) is 0 Å². The van der Waals surface area contributed by atoms with Crippen molar-refractivity contribution in [1.82, 2.24) is 10.3 Å². The van der Waals surface area contributed by atoms with Crippen molar-refractivity contribution < 1.29 is 14.3 Å². The van der Waals surface area contributed by atoms with E-state index in [1.807, 2.05) is 13.0 Å². The van der Waals surface area contributed by atoms with Gasteiger partial charge in [-0.05, 0) is 36.6 Å². The van der Waals surface area contributed by atoms with Crippen molar-refractivity contribution in [3.05, 3.63) is 35.3 Å². The number of fused-ring (bicyclic) bond motifs is 1. The first kappa shape index (κ1) is 12.2. The molecule has 1 fully saturated rings. The highest BCUT2D eigenvalue weighted by molar-refractivity contribution is 5.84. The highest BCUT2D eigenvalue weighted by Crippen LogP contribution is 2.31. The molecular weight excluding hydrogens is 247 g/mol. The topological polar surface area (TPSA) is 65.1 Å². The van der Waals surface area contributed by atoms with Crippen LogP contribution in [0.4, 0.5) is 4.39 Å². The van der Waals surface area contributed by atoms with Crippen LogP contribution >= 0.6 is 0 Å². The van der Waals surface area contributed by atoms with Crippen LogP contribution in [0.3, 0.4) is 0 Å². The Morgan fingerprint density at radius 3 is 2.95 bits per heavy atom. The van der Waals surface area contributed by atoms with Gasteiger partial charge < -0.3 is 15.4 Å². The van der Waals surface area contributed by atoms with Crippen molar-refractivity contribution in [2.45, 2.75) is 19.4 Å². The number of carboxylic acids is 1. The maximum Gasteiger partial charge on any atom is 0.307 e. The van der Waals surface area contributed by atoms with Gasteiger partial charge in [-0.15, -0.1) is 0 Å². The zero-order chi connectivity index (χ0) is 13.6. The van der Waals surface area contributed by atoms with Gasteiger partial charge in [0.2, 0.25) is 0 Å². The van der Waals surface area contributed by atoms with Crippen molar-refractivity contribution in [1.29, 1.82) is 0 Å². The first-order valence-corrected chi connectivity index (χ1v) is 6.29. The van der Waals surface area contributed by atoms with Gasteiger partial charge in [0.1, 0.15) is 5.82 Å². The van der Waals surface area contributed by atoms with E-state index in [2.05, 4.69) is 10.3 Å². The van der Waals surface area contributed by atoms with Crippen LogP contribution in [0.2, 0.25) is 0 Å². The second kappa shape index (κ2) is 4.35. The van der Waals surface area contributed by atoms with Gasteiger partial charge in [-0.1, -0.05) is 0 Å². The van der Waals surface area contributed by atoms with Crippen molar-refractivity contribution >= 4 is 16.9 Å². The number of carboxylic acid groups (broad SMARTS) is 1. The van der Waals surface area contributed by atoms with Crippen LogP contribution in [0, 0.1) is 18.7 Å². The van der Waals surface area contributed by atoms with E-state index in [0.717, 1.165) is 16.5 Å². The van der Waals surface area contributed by atoms with E-state index in [1.54, 1.807) is 6.20 Å². The van der Waals surface area contributed by atoms with Gasteiger partial charge in [-0.25, -0.2) is 4.39 Å². The molecule has 1 aliphatic rings. The number of aryl methyl sites for hydroxylation is 1. The molecule has 0 bridgehead atoms. The van der Waals surface area contributed by atoms with Crippen LogP contribution in [0.15, 0.2) is 18.3 Å². The lowest BCUT2D eigenvalue weighted by Gasteiger charge is -2.11. The van der Waals surface area contributed by atoms with Crippen LogP contribution < -0.4 is 5.32 Å². The molecule has 100 valence electrons. The summed E-state index contributed by atoms with van der Waals surface area (Å²) >= 11 is 0. The van der Waals surface area contributed by atoms with Crippen LogP contribution in [0.1, 0.15) is 23.6 Å². The summed E-state index contributed by atoms with van der Waals surface area (Å²) in [6.45, 7) is 2.36. The number of nitrogens with one attached hydrogen (secondary N) is 2. The number of benzene rings is 1. The first-order valence-electron chi connectivity index (χ1n) is 6.29. The Balaban J connectivity index is 1.97. The zero-order valence-electron chi connectivity index (χ0n) is 10.5. The van der Waals surface area contributed by atoms with Crippen LogP contribution in [0.5, 0.6) is 0 Å². The van der Waals surface area contributed by atoms with E-state index >= 15 is 0 Å². The molecule has 0 aliphatic carbocycles. The molecule has 0 radical (unpaired) electrons. The minimum Gasteiger partial charge on any atom is -0.481 e. The maximum atomic E-state index is 14.0. The molecule has 1 aromatic heterocycles. The third-order valence-corrected chi connectivity index (χ3v) is 3.85. The molecule has 2 heterocycles. The summed E-state index contributed by atoms with van der Waals surface area (Å²) < 4.78 is 14.0. The Hall–Kier alpha value is -1.88. The first-order chi connectivity index (χ1) is 9.06. The number of halogens is 1. The van der Waals surface area contributed by atoms with Crippen LogP contribution in [0.25, 0.3) is 10.9 Å². The molecule has 1 saturated heterocycles. The molecule has 0 amide bonds. The molecule has 3 rings (SSSR count). The molecule has 1 aliphatic heterocycles. The van der Waals surface area contributed by atoms with Gasteiger partial charge in [-0.2, -0.15) is 0 Å². The van der Waals surface area contributed by atoms with E-state index in [1.165, 1.54) is 6.07 Å². The SMILES string of the molecule is Cc1c[nH]c2c(F)cc(C3CC(C(=O)O)CN3)cc12. The molecule has 2 aromatic rings. The Morgan fingerprint density at radius 2 is 2.26 bits per heavy atom. The quantitative estimate of drug-likeness (QED) is 0.778. The summed E-state index contributed by atoms with van der Waals surface area (Å²) in [6, 6.07) is 3.33. The van der Waals surface area contributed by atoms with Gasteiger partial charge in [-0.3, -0.25) is 4.79 Å². The van der Waals surface area contributed by atoms with Crippen LogP contribution in [-0.4, -0.2) is 22.6 Å². The van der Waals surface area contributed by atoms with Gasteiger partial charge in [0.05, 0.1) is 11.4 Å². The van der Waals surface area contributed by atoms with E-state index in [-0.39, 0.29) is 11.9 Å². The molecule has 2 atom stereocenters. The Morgan fingerprint density at radius 1 is 1.47 bits per heavy atom. The number of aliphatic carboxylic acids is 1. The number of carbonyl (C=O) groups is 1. The summed E-state index contributed by atoms with van der Waals surface area (Å²) in [5.41, 5.74) is 2.31. The molecule has 5 heteroatoms. The maximum absolute atomic E-state index is 14.0. The van der Waals surface area contributed by atoms with Gasteiger partial charge in [0.25, 0.3) is 0 Å². The summed E-state index contributed by atoms with van der Waals surface area (Å²) in [6.07, 6.45) is 2.28. The number of rotatable bonds is 2. The van der Waals surface area contributed by atoms with Crippen molar-refractivity contribution in [3.8, 4) is 0 Å². The third kappa shape index (κ3) is 2.00. The molecule has 0 saturated carbocycles. The largest absolute Gasteiger partial charge is 0.481 e. The molecular formula is C14H15FN2O2. The number of aromatic nitrogens is 1. The Bertz CT molecular complexity index is 650. The average Bonchev–Trinajstić information content (AvgIpc) is 2.97. The van der Waals surface area contributed by atoms with Crippen molar-refractivity contribution in [2.24, 2.45) is 5.92 Å². The third-order valence-electron chi connectivity index (χ3n) is 3.85. The normalized spacial score (nSPS) is 23.1. The van der Waals surface area contributed by atoms with E-state index in [0.29, 0.717) is 18.5 Å². The number of H-pyrrole nitrogens is 1. The minimum absolute atomic E-state index is 0.0886. The summed E-state index contributed by atoms with van der Waals surface area (Å²) in [5.74, 6) is -1.48. The zero-order valence-corrected chi connectivity index (χ0v) is 10.5. The van der Waals surface area contributed by atoms with Gasteiger partial charge in [0, 0.05) is 24.2 Å². The Labute approximate surface area is 109 Å². The highest BCUT2D eigenvalue weighted by atomic mass is 19.1. The van der Waals surface area contributed by atoms with Crippen LogP contribution in [-0.2, 0) is 4.79 Å². The van der Waals surface area contributed by atoms with E-state index < -0.39 is 11.9 Å². The Kier molecular flexibility index (Phi) is 2.78. The highest BCUT2D eigenvalue weighted by Gasteiger charge is 2.30. The lowest BCUT2D eigenvalue weighted by Crippen LogP contribution is -2.17. The lowest BCUT2D eigenvalue weighted by molar-refractivity contribution is -0.141. The molecule has 3 N–H and O–H groups in total. The fraction of sp³-hybridized carbons (Fsp3) is 0.357. The predicted molar refractivity (Wildman–Crippen MR) is 69.5 cm³/mol. The van der Waals surface area contributed by atoms with Gasteiger partial charge >= 0.3 is 5.97 Å². The number of hydrogen-bond donors (Lipinski definition) is 3. The second-order valence-corrected chi connectivity index (χ2v) is 5.13. The monoisotopic (exact) mass is 262 g/mol. The standard InChI is InChI=1S/C14H15FN2O2/c1-7-5-17-13-10(7)2-8(3-11(13)15)12-4-9(6-16-12)14(18)19/h2-3,5,9,12,16-17H,4,6H2,1H3,(H,18,19). The van der Waals surface area contributed by atoms with Gasteiger partial charge in [0.15, 0.2) is 0 Å². The lowest BCUT2D eigenvalue weighted by atomic mass is 9.98. The molecule has 0 spiro atoms. The van der Waals surface area contributed by atoms with Crippen molar-refractivity contribution in [2.75, 3.05) is 6.54 Å². The summed E-state index contributed by atoms with van der Waals surface area (Å²) in [5, 5.41) is 13.0. The minimum atomic E-state index is -0.797. The average molecular weight is 262 g/mol. The second-order valence-electron chi connectivity index (χ2n) is 5.13. The fourth-order valence-corrected chi connectivity index (χ4v) is 2.72. The number of hydrogen-bond acceptors (Lipinski definition) is 2. The summed E-state index contributed by atoms with van der Waals surface area (Å²) in [7, 11) is 0. The molecule has 2 unspecified atom stereocenters. The molecule has 19 heavy (non-hydrogen) atoms. The molecule has 1 aromatic carbocycles.